The van der Waals surface area contributed by atoms with E-state index in [-0.39, 0.29) is 23.3 Å². The van der Waals surface area contributed by atoms with Crippen molar-refractivity contribution in [2.75, 3.05) is 13.1 Å². The largest absolute Gasteiger partial charge is 0.354 e. The second-order valence-electron chi connectivity index (χ2n) is 7.45. The Kier molecular flexibility index (Phi) is 4.26. The Balaban J connectivity index is 1.65. The van der Waals surface area contributed by atoms with Crippen molar-refractivity contribution < 1.29 is 4.79 Å². The lowest BCUT2D eigenvalue weighted by atomic mass is 9.76. The Bertz CT molecular complexity index is 539. The number of hydrogen-bond acceptors (Lipinski definition) is 3. The minimum atomic E-state index is 0.203. The number of aromatic nitrogens is 2. The van der Waals surface area contributed by atoms with Gasteiger partial charge in [-0.05, 0) is 45.1 Å². The lowest BCUT2D eigenvalue weighted by Gasteiger charge is -2.31. The number of aryl methyl sites for hydroxylation is 1. The van der Waals surface area contributed by atoms with E-state index >= 15 is 0 Å². The maximum Gasteiger partial charge on any atom is 0.223 e. The molecular weight excluding hydrogens is 276 g/mol. The first-order valence-corrected chi connectivity index (χ1v) is 8.49. The van der Waals surface area contributed by atoms with Crippen LogP contribution in [-0.2, 0) is 18.4 Å². The summed E-state index contributed by atoms with van der Waals surface area (Å²) in [5, 5.41) is 7.38. The Hall–Kier alpha value is -1.36. The molecule has 2 fully saturated rings. The third-order valence-corrected chi connectivity index (χ3v) is 5.28. The van der Waals surface area contributed by atoms with Gasteiger partial charge in [-0.25, -0.2) is 0 Å². The Morgan fingerprint density at radius 3 is 3.00 bits per heavy atom. The van der Waals surface area contributed by atoms with Gasteiger partial charge in [-0.1, -0.05) is 6.42 Å². The number of carbonyl (C=O) groups is 1. The van der Waals surface area contributed by atoms with E-state index in [0.717, 1.165) is 32.5 Å². The summed E-state index contributed by atoms with van der Waals surface area (Å²) in [5.41, 5.74) is 1.47. The van der Waals surface area contributed by atoms with Crippen LogP contribution in [0.25, 0.3) is 0 Å². The molecule has 1 amide bonds. The third-order valence-electron chi connectivity index (χ3n) is 5.28. The molecule has 122 valence electrons. The molecule has 1 aliphatic carbocycles. The van der Waals surface area contributed by atoms with Gasteiger partial charge in [0.15, 0.2) is 0 Å². The molecule has 1 spiro atoms. The highest BCUT2D eigenvalue weighted by atomic mass is 16.2. The first-order chi connectivity index (χ1) is 10.5. The van der Waals surface area contributed by atoms with Crippen LogP contribution in [0.15, 0.2) is 12.4 Å². The molecule has 0 bridgehead atoms. The maximum absolute atomic E-state index is 12.5. The van der Waals surface area contributed by atoms with E-state index < -0.39 is 0 Å². The maximum atomic E-state index is 12.5. The monoisotopic (exact) mass is 304 g/mol. The molecule has 2 atom stereocenters. The average molecular weight is 304 g/mol. The second-order valence-corrected chi connectivity index (χ2v) is 7.45. The van der Waals surface area contributed by atoms with Gasteiger partial charge in [-0.3, -0.25) is 14.4 Å². The smallest absolute Gasteiger partial charge is 0.223 e. The molecule has 1 aliphatic heterocycles. The van der Waals surface area contributed by atoms with Gasteiger partial charge in [0.05, 0.1) is 6.20 Å². The molecule has 1 saturated heterocycles. The molecule has 1 aromatic heterocycles. The van der Waals surface area contributed by atoms with E-state index in [0.29, 0.717) is 0 Å². The highest BCUT2D eigenvalue weighted by Gasteiger charge is 2.50. The molecule has 0 unspecified atom stereocenters. The number of hydrogen-bond donors (Lipinski definition) is 1. The molecule has 5 nitrogen and oxygen atoms in total. The molecule has 0 radical (unpaired) electrons. The molecule has 3 rings (SSSR count). The fourth-order valence-corrected chi connectivity index (χ4v) is 4.35. The summed E-state index contributed by atoms with van der Waals surface area (Å²) in [6.07, 6.45) is 8.64. The van der Waals surface area contributed by atoms with Gasteiger partial charge >= 0.3 is 0 Å². The van der Waals surface area contributed by atoms with Gasteiger partial charge in [0.1, 0.15) is 0 Å². The third kappa shape index (κ3) is 3.05. The lowest BCUT2D eigenvalue weighted by molar-refractivity contribution is -0.128. The number of carbonyl (C=O) groups excluding carboxylic acids is 1. The topological polar surface area (TPSA) is 50.2 Å². The number of nitrogens with zero attached hydrogens (tertiary/aromatic N) is 3. The van der Waals surface area contributed by atoms with Crippen molar-refractivity contribution in [1.82, 2.24) is 20.0 Å². The fraction of sp³-hybridized carbons (Fsp3) is 0.765. The van der Waals surface area contributed by atoms with Crippen molar-refractivity contribution in [2.24, 2.45) is 18.4 Å². The summed E-state index contributed by atoms with van der Waals surface area (Å²) in [6.45, 7) is 7.19. The summed E-state index contributed by atoms with van der Waals surface area (Å²) >= 11 is 0. The van der Waals surface area contributed by atoms with Crippen molar-refractivity contribution >= 4 is 5.91 Å². The molecule has 1 N–H and O–H groups in total. The predicted octanol–water partition coefficient (Wildman–Crippen LogP) is 1.94. The molecule has 5 heteroatoms. The summed E-state index contributed by atoms with van der Waals surface area (Å²) in [6, 6.07) is 0.234. The first kappa shape index (κ1) is 15.5. The molecule has 1 aromatic rings. The van der Waals surface area contributed by atoms with Crippen LogP contribution < -0.4 is 5.32 Å². The van der Waals surface area contributed by atoms with Gasteiger partial charge in [-0.2, -0.15) is 5.10 Å². The minimum Gasteiger partial charge on any atom is -0.354 e. The van der Waals surface area contributed by atoms with Crippen molar-refractivity contribution in [3.05, 3.63) is 18.0 Å². The zero-order valence-electron chi connectivity index (χ0n) is 14.0. The number of amides is 1. The highest BCUT2D eigenvalue weighted by Crippen LogP contribution is 2.50. The Labute approximate surface area is 133 Å². The van der Waals surface area contributed by atoms with Gasteiger partial charge < -0.3 is 5.32 Å². The van der Waals surface area contributed by atoms with Crippen molar-refractivity contribution in [1.29, 1.82) is 0 Å². The standard InChI is InChI=1S/C17H28N4O/c1-13(2)19-16(22)15-5-4-6-17(15)7-8-21(12-17)11-14-9-18-20(3)10-14/h9-10,13,15H,4-8,11-12H2,1-3H3,(H,19,22)/t15-,17+/m0/s1. The fourth-order valence-electron chi connectivity index (χ4n) is 4.35. The van der Waals surface area contributed by atoms with Crippen molar-refractivity contribution in [3.63, 3.8) is 0 Å². The molecule has 1 saturated carbocycles. The van der Waals surface area contributed by atoms with E-state index in [2.05, 4.69) is 21.5 Å². The van der Waals surface area contributed by atoms with E-state index in [1.807, 2.05) is 31.8 Å². The van der Waals surface area contributed by atoms with Crippen LogP contribution in [-0.4, -0.2) is 39.7 Å². The molecule has 0 aromatic carbocycles. The highest BCUT2D eigenvalue weighted by molar-refractivity contribution is 5.80. The Morgan fingerprint density at radius 1 is 1.50 bits per heavy atom. The SMILES string of the molecule is CC(C)NC(=O)[C@@H]1CCC[C@]12CCN(Cc1cnn(C)c1)C2. The molecular formula is C17H28N4O. The average Bonchev–Trinajstić information content (AvgIpc) is 3.13. The summed E-state index contributed by atoms with van der Waals surface area (Å²) in [4.78, 5) is 15.0. The van der Waals surface area contributed by atoms with E-state index in [1.54, 1.807) is 0 Å². The first-order valence-electron chi connectivity index (χ1n) is 8.49. The van der Waals surface area contributed by atoms with Crippen LogP contribution in [0.1, 0.15) is 45.1 Å². The van der Waals surface area contributed by atoms with Crippen LogP contribution in [0.5, 0.6) is 0 Å². The van der Waals surface area contributed by atoms with Crippen LogP contribution in [0.3, 0.4) is 0 Å². The molecule has 22 heavy (non-hydrogen) atoms. The van der Waals surface area contributed by atoms with Crippen molar-refractivity contribution in [2.45, 2.75) is 52.1 Å². The lowest BCUT2D eigenvalue weighted by Crippen LogP contribution is -2.42. The number of likely N-dealkylation sites (tertiary alicyclic amines) is 1. The zero-order valence-corrected chi connectivity index (χ0v) is 14.0. The summed E-state index contributed by atoms with van der Waals surface area (Å²) < 4.78 is 1.86. The van der Waals surface area contributed by atoms with Gasteiger partial charge in [0.25, 0.3) is 0 Å². The minimum absolute atomic E-state index is 0.203. The zero-order chi connectivity index (χ0) is 15.7. The van der Waals surface area contributed by atoms with Gasteiger partial charge in [-0.15, -0.1) is 0 Å². The quantitative estimate of drug-likeness (QED) is 0.925. The summed E-state index contributed by atoms with van der Waals surface area (Å²) in [5.74, 6) is 0.476. The second kappa shape index (κ2) is 6.03. The van der Waals surface area contributed by atoms with Gasteiger partial charge in [0.2, 0.25) is 5.91 Å². The molecule has 2 heterocycles. The van der Waals surface area contributed by atoms with Crippen LogP contribution in [0.4, 0.5) is 0 Å². The number of rotatable bonds is 4. The predicted molar refractivity (Wildman–Crippen MR) is 86.2 cm³/mol. The van der Waals surface area contributed by atoms with Gasteiger partial charge in [0, 0.05) is 43.9 Å². The van der Waals surface area contributed by atoms with E-state index in [4.69, 9.17) is 0 Å². The number of nitrogens with one attached hydrogen (secondary N) is 1. The molecule has 2 aliphatic rings. The summed E-state index contributed by atoms with van der Waals surface area (Å²) in [7, 11) is 1.96. The van der Waals surface area contributed by atoms with Crippen molar-refractivity contribution in [3.8, 4) is 0 Å². The van der Waals surface area contributed by atoms with E-state index in [1.165, 1.54) is 18.4 Å². The van der Waals surface area contributed by atoms with Crippen LogP contribution >= 0.6 is 0 Å². The normalized spacial score (nSPS) is 28.8. The van der Waals surface area contributed by atoms with Crippen LogP contribution in [0, 0.1) is 11.3 Å². The van der Waals surface area contributed by atoms with E-state index in [9.17, 15) is 4.79 Å². The Morgan fingerprint density at radius 2 is 2.32 bits per heavy atom. The van der Waals surface area contributed by atoms with Crippen LogP contribution in [0.2, 0.25) is 0 Å².